The first-order valence-electron chi connectivity index (χ1n) is 7.91. The Morgan fingerprint density at radius 3 is 2.37 bits per heavy atom. The van der Waals surface area contributed by atoms with Gasteiger partial charge < -0.3 is 10.6 Å². The third-order valence-corrected chi connectivity index (χ3v) is 3.80. The maximum absolute atomic E-state index is 4.50. The molecule has 0 aromatic rings. The van der Waals surface area contributed by atoms with Crippen molar-refractivity contribution < 1.29 is 1.43 Å². The van der Waals surface area contributed by atoms with Crippen molar-refractivity contribution in [1.82, 2.24) is 4.90 Å². The fraction of sp³-hybridized carbons (Fsp3) is 0.765. The van der Waals surface area contributed by atoms with Gasteiger partial charge in [-0.15, -0.1) is 0 Å². The quantitative estimate of drug-likeness (QED) is 0.705. The summed E-state index contributed by atoms with van der Waals surface area (Å²) in [5, 5.41) is 0. The van der Waals surface area contributed by atoms with Crippen LogP contribution in [0.4, 0.5) is 0 Å². The summed E-state index contributed by atoms with van der Waals surface area (Å²) in [7, 11) is 1.50. The lowest BCUT2D eigenvalue weighted by atomic mass is 9.92. The van der Waals surface area contributed by atoms with Gasteiger partial charge in [0.25, 0.3) is 0 Å². The first-order valence-corrected chi connectivity index (χ1v) is 7.91. The lowest BCUT2D eigenvalue weighted by Gasteiger charge is -2.19. The molecule has 2 unspecified atom stereocenters. The Kier molecular flexibility index (Phi) is 12.0. The summed E-state index contributed by atoms with van der Waals surface area (Å²) in [6.07, 6.45) is 14.6. The van der Waals surface area contributed by atoms with Gasteiger partial charge >= 0.3 is 0 Å². The van der Waals surface area contributed by atoms with Crippen LogP contribution >= 0.6 is 0 Å². The van der Waals surface area contributed by atoms with Crippen LogP contribution in [0.25, 0.3) is 0 Å². The van der Waals surface area contributed by atoms with Crippen LogP contribution in [0.3, 0.4) is 0 Å². The Balaban J connectivity index is 0. The molecule has 2 atom stereocenters. The van der Waals surface area contributed by atoms with Crippen LogP contribution < -0.4 is 5.73 Å². The van der Waals surface area contributed by atoms with Crippen molar-refractivity contribution in [1.29, 1.82) is 0 Å². The predicted molar refractivity (Wildman–Crippen MR) is 89.4 cm³/mol. The molecule has 0 heterocycles. The number of rotatable bonds is 7. The standard InChI is InChI=1S/C16H29N.CH5N.H2/c1-4-17(5-2)13-9-8-12-16-11-7-6-10-15(3)14-16;1-2;/h6-7,10-11,15-16H,4-5,8-9,12-14H2,1-3H3;2H2,1H3;1H. The average molecular weight is 268 g/mol. The van der Waals surface area contributed by atoms with Crippen LogP contribution in [0.2, 0.25) is 0 Å². The minimum atomic E-state index is 0. The number of hydrogen-bond donors (Lipinski definition) is 1. The van der Waals surface area contributed by atoms with E-state index < -0.39 is 0 Å². The van der Waals surface area contributed by atoms with Gasteiger partial charge in [-0.25, -0.2) is 0 Å². The molecule has 0 saturated carbocycles. The Labute approximate surface area is 122 Å². The van der Waals surface area contributed by atoms with E-state index >= 15 is 0 Å². The molecule has 0 radical (unpaired) electrons. The second-order valence-electron chi connectivity index (χ2n) is 5.27. The number of hydrogen-bond acceptors (Lipinski definition) is 2. The smallest absolute Gasteiger partial charge is 0 e. The summed E-state index contributed by atoms with van der Waals surface area (Å²) >= 11 is 0. The van der Waals surface area contributed by atoms with Gasteiger partial charge in [0.1, 0.15) is 0 Å². The molecule has 1 aliphatic carbocycles. The van der Waals surface area contributed by atoms with E-state index in [0.29, 0.717) is 0 Å². The van der Waals surface area contributed by atoms with E-state index in [4.69, 9.17) is 0 Å². The summed E-state index contributed by atoms with van der Waals surface area (Å²) in [4.78, 5) is 2.52. The molecular formula is C17H36N2. The van der Waals surface area contributed by atoms with Crippen molar-refractivity contribution in [3.63, 3.8) is 0 Å². The highest BCUT2D eigenvalue weighted by atomic mass is 15.1. The van der Waals surface area contributed by atoms with Gasteiger partial charge in [0.05, 0.1) is 0 Å². The summed E-state index contributed by atoms with van der Waals surface area (Å²) in [5.74, 6) is 1.55. The third-order valence-electron chi connectivity index (χ3n) is 3.80. The largest absolute Gasteiger partial charge is 0.333 e. The van der Waals surface area contributed by atoms with Crippen LogP contribution in [0.5, 0.6) is 0 Å². The van der Waals surface area contributed by atoms with Gasteiger partial charge in [0.15, 0.2) is 0 Å². The van der Waals surface area contributed by atoms with Crippen molar-refractivity contribution >= 4 is 0 Å². The minimum Gasteiger partial charge on any atom is -0.333 e. The summed E-state index contributed by atoms with van der Waals surface area (Å²) in [6.45, 7) is 10.5. The number of unbranched alkanes of at least 4 members (excludes halogenated alkanes) is 1. The second kappa shape index (κ2) is 12.4. The molecule has 2 heteroatoms. The zero-order valence-corrected chi connectivity index (χ0v) is 13.4. The molecule has 2 nitrogen and oxygen atoms in total. The SMILES string of the molecule is CCN(CC)CCCCC1C=CC=CC(C)C1.CN.[HH]. The maximum atomic E-state index is 4.50. The highest BCUT2D eigenvalue weighted by molar-refractivity contribution is 5.09. The summed E-state index contributed by atoms with van der Waals surface area (Å²) in [5.41, 5.74) is 4.50. The molecule has 0 saturated heterocycles. The topological polar surface area (TPSA) is 29.3 Å². The van der Waals surface area contributed by atoms with Crippen molar-refractivity contribution in [3.8, 4) is 0 Å². The zero-order valence-electron chi connectivity index (χ0n) is 13.4. The van der Waals surface area contributed by atoms with Gasteiger partial charge in [0, 0.05) is 1.43 Å². The molecule has 0 aliphatic heterocycles. The molecule has 114 valence electrons. The van der Waals surface area contributed by atoms with E-state index in [9.17, 15) is 0 Å². The predicted octanol–water partition coefficient (Wildman–Crippen LogP) is 4.09. The Morgan fingerprint density at radius 1 is 1.11 bits per heavy atom. The molecule has 1 aliphatic rings. The maximum Gasteiger partial charge on any atom is 0 e. The lowest BCUT2D eigenvalue weighted by molar-refractivity contribution is 0.292. The van der Waals surface area contributed by atoms with Gasteiger partial charge in [-0.1, -0.05) is 51.5 Å². The minimum absolute atomic E-state index is 0. The second-order valence-corrected chi connectivity index (χ2v) is 5.27. The van der Waals surface area contributed by atoms with E-state index in [1.165, 1.54) is 52.4 Å². The molecule has 0 spiro atoms. The molecule has 0 aromatic heterocycles. The number of allylic oxidation sites excluding steroid dienone is 4. The summed E-state index contributed by atoms with van der Waals surface area (Å²) < 4.78 is 0. The molecule has 2 N–H and O–H groups in total. The molecular weight excluding hydrogens is 232 g/mol. The van der Waals surface area contributed by atoms with Crippen LogP contribution in [0, 0.1) is 11.8 Å². The molecule has 0 aromatic carbocycles. The van der Waals surface area contributed by atoms with Crippen LogP contribution in [-0.2, 0) is 0 Å². The van der Waals surface area contributed by atoms with Gasteiger partial charge in [-0.2, -0.15) is 0 Å². The molecule has 19 heavy (non-hydrogen) atoms. The van der Waals surface area contributed by atoms with E-state index in [-0.39, 0.29) is 1.43 Å². The van der Waals surface area contributed by atoms with Gasteiger partial charge in [-0.05, 0) is 57.8 Å². The van der Waals surface area contributed by atoms with Crippen LogP contribution in [0.15, 0.2) is 24.3 Å². The van der Waals surface area contributed by atoms with Crippen LogP contribution in [-0.4, -0.2) is 31.6 Å². The zero-order chi connectivity index (χ0) is 14.5. The van der Waals surface area contributed by atoms with Gasteiger partial charge in [-0.3, -0.25) is 0 Å². The van der Waals surface area contributed by atoms with Crippen molar-refractivity contribution in [2.75, 3.05) is 26.7 Å². The van der Waals surface area contributed by atoms with Gasteiger partial charge in [0.2, 0.25) is 0 Å². The fourth-order valence-electron chi connectivity index (χ4n) is 2.61. The average Bonchev–Trinajstić information content (AvgIpc) is 2.65. The molecule has 1 rings (SSSR count). The number of nitrogens with zero attached hydrogens (tertiary/aromatic N) is 1. The first kappa shape index (κ1) is 18.4. The first-order chi connectivity index (χ1) is 9.26. The number of nitrogens with two attached hydrogens (primary N) is 1. The highest BCUT2D eigenvalue weighted by Gasteiger charge is 2.10. The Bertz CT molecular complexity index is 247. The van der Waals surface area contributed by atoms with E-state index in [1.54, 1.807) is 0 Å². The molecule has 0 amide bonds. The Morgan fingerprint density at radius 2 is 1.74 bits per heavy atom. The fourth-order valence-corrected chi connectivity index (χ4v) is 2.61. The van der Waals surface area contributed by atoms with E-state index in [0.717, 1.165) is 11.8 Å². The Hall–Kier alpha value is -0.600. The third kappa shape index (κ3) is 9.01. The van der Waals surface area contributed by atoms with Crippen molar-refractivity contribution in [2.24, 2.45) is 17.6 Å². The van der Waals surface area contributed by atoms with Crippen molar-refractivity contribution in [3.05, 3.63) is 24.3 Å². The van der Waals surface area contributed by atoms with E-state index in [2.05, 4.69) is 55.7 Å². The highest BCUT2D eigenvalue weighted by Crippen LogP contribution is 2.22. The molecule has 0 bridgehead atoms. The van der Waals surface area contributed by atoms with E-state index in [1.807, 2.05) is 0 Å². The molecule has 0 fully saturated rings. The van der Waals surface area contributed by atoms with Crippen LogP contribution in [0.1, 0.15) is 47.9 Å². The van der Waals surface area contributed by atoms with Crippen molar-refractivity contribution in [2.45, 2.75) is 46.5 Å². The normalized spacial score (nSPS) is 22.0. The monoisotopic (exact) mass is 268 g/mol. The summed E-state index contributed by atoms with van der Waals surface area (Å²) in [6, 6.07) is 0. The lowest BCUT2D eigenvalue weighted by Crippen LogP contribution is -2.23.